The van der Waals surface area contributed by atoms with Gasteiger partial charge in [-0.15, -0.1) is 0 Å². The zero-order chi connectivity index (χ0) is 50.6. The molecule has 0 amide bonds. The molecule has 7 aromatic carbocycles. The third-order valence-corrected chi connectivity index (χ3v) is 9.33. The zero-order valence-electron chi connectivity index (χ0n) is 45.1. The van der Waals surface area contributed by atoms with Crippen LogP contribution in [-0.2, 0) is 6.42 Å². The summed E-state index contributed by atoms with van der Waals surface area (Å²) in [4.78, 5) is 4.56. The lowest BCUT2D eigenvalue weighted by atomic mass is 9.95. The van der Waals surface area contributed by atoms with E-state index in [1.54, 1.807) is 74.5 Å². The van der Waals surface area contributed by atoms with E-state index in [0.717, 1.165) is 5.56 Å². The fourth-order valence-electron chi connectivity index (χ4n) is 6.85. The summed E-state index contributed by atoms with van der Waals surface area (Å²) >= 11 is 0. The SMILES string of the molecule is [2H]c1c([2H])c([2H])c(-c2cccc(-c3c([2H])c([2H])c([2H])c([2H])c3[2H])c2-[n+]2[c-]n(-c3cccc(Oc4cc5c(c([2H])c4[2H])c4c([2H])c([2H])c([2H])c([2H])c4n5-c4cc(CC)ccn4)c3)c3ccccc32)c([2H])c1[2H]. The van der Waals surface area contributed by atoms with Gasteiger partial charge in [0.15, 0.2) is 0 Å². The molecule has 262 valence electrons. The Labute approximate surface area is 342 Å². The van der Waals surface area contributed by atoms with Crippen molar-refractivity contribution < 1.29 is 31.2 Å². The molecule has 0 unspecified atom stereocenters. The molecular weight excluding hydrogens is 673 g/mol. The molecule has 0 aliphatic rings. The molecule has 0 atom stereocenters. The zero-order valence-corrected chi connectivity index (χ0v) is 29.1. The largest absolute Gasteiger partial charge is 0.458 e. The van der Waals surface area contributed by atoms with Crippen molar-refractivity contribution in [2.75, 3.05) is 0 Å². The molecule has 0 radical (unpaired) electrons. The molecule has 0 spiro atoms. The highest BCUT2D eigenvalue weighted by Gasteiger charge is 2.20. The van der Waals surface area contributed by atoms with Gasteiger partial charge in [-0.3, -0.25) is 13.7 Å². The summed E-state index contributed by atoms with van der Waals surface area (Å²) in [5, 5.41) is 0.180. The molecule has 3 heterocycles. The summed E-state index contributed by atoms with van der Waals surface area (Å²) in [6.07, 6.45) is 5.58. The van der Waals surface area contributed by atoms with Crippen LogP contribution in [-0.4, -0.2) is 14.1 Å². The molecule has 5 heteroatoms. The lowest BCUT2D eigenvalue weighted by molar-refractivity contribution is -0.571. The van der Waals surface area contributed by atoms with Crippen molar-refractivity contribution >= 4 is 32.8 Å². The van der Waals surface area contributed by atoms with E-state index in [9.17, 15) is 2.74 Å². The minimum atomic E-state index is -0.614. The number of aryl methyl sites for hydroxylation is 1. The predicted molar refractivity (Wildman–Crippen MR) is 223 cm³/mol. The first kappa shape index (κ1) is 19.7. The molecule has 0 fully saturated rings. The number of fused-ring (bicyclic) bond motifs is 4. The van der Waals surface area contributed by atoms with E-state index in [2.05, 4.69) is 11.3 Å². The van der Waals surface area contributed by atoms with Crippen molar-refractivity contribution in [3.8, 4) is 50.9 Å². The Balaban J connectivity index is 1.19. The van der Waals surface area contributed by atoms with Crippen molar-refractivity contribution in [2.45, 2.75) is 13.3 Å². The van der Waals surface area contributed by atoms with Gasteiger partial charge in [-0.05, 0) is 82.7 Å². The Morgan fingerprint density at radius 3 is 2.13 bits per heavy atom. The van der Waals surface area contributed by atoms with Gasteiger partial charge in [0, 0.05) is 23.0 Å². The lowest BCUT2D eigenvalue weighted by Gasteiger charge is -2.17. The van der Waals surface area contributed by atoms with Crippen LogP contribution < -0.4 is 9.30 Å². The summed E-state index contributed by atoms with van der Waals surface area (Å²) in [5.74, 6) is 0.466. The van der Waals surface area contributed by atoms with Gasteiger partial charge in [0.25, 0.3) is 6.33 Å². The van der Waals surface area contributed by atoms with Gasteiger partial charge in [0.1, 0.15) is 17.3 Å². The van der Waals surface area contributed by atoms with Gasteiger partial charge in [0.05, 0.1) is 55.4 Å². The predicted octanol–water partition coefficient (Wildman–Crippen LogP) is 11.9. The molecule has 10 rings (SSSR count). The number of para-hydroxylation sites is 4. The number of rotatable bonds is 8. The fourth-order valence-corrected chi connectivity index (χ4v) is 6.85. The third-order valence-electron chi connectivity index (χ3n) is 9.33. The molecule has 10 aromatic rings. The van der Waals surface area contributed by atoms with Crippen LogP contribution in [0.5, 0.6) is 11.5 Å². The summed E-state index contributed by atoms with van der Waals surface area (Å²) in [6, 6.07) is 15.3. The van der Waals surface area contributed by atoms with E-state index in [-0.39, 0.29) is 85.4 Å². The highest BCUT2D eigenvalue weighted by Crippen LogP contribution is 2.37. The van der Waals surface area contributed by atoms with Crippen molar-refractivity contribution in [1.29, 1.82) is 0 Å². The first-order valence-electron chi connectivity index (χ1n) is 25.4. The van der Waals surface area contributed by atoms with Crippen molar-refractivity contribution in [1.82, 2.24) is 14.1 Å². The van der Waals surface area contributed by atoms with Crippen LogP contribution in [0.1, 0.15) is 34.4 Å². The molecule has 0 saturated carbocycles. The number of ether oxygens (including phenoxy) is 1. The molecular formula is C50H36N4O. The first-order valence-corrected chi connectivity index (χ1v) is 17.4. The average Bonchev–Trinajstić information content (AvgIpc) is 3.93. The number of aromatic nitrogens is 4. The van der Waals surface area contributed by atoms with Crippen LogP contribution in [0.2, 0.25) is 0 Å². The Bertz CT molecular complexity index is 3800. The summed E-state index contributed by atoms with van der Waals surface area (Å²) in [7, 11) is 0. The summed E-state index contributed by atoms with van der Waals surface area (Å²) in [5.41, 5.74) is 2.54. The van der Waals surface area contributed by atoms with E-state index < -0.39 is 72.5 Å². The second-order valence-corrected chi connectivity index (χ2v) is 12.5. The van der Waals surface area contributed by atoms with E-state index >= 15 is 0 Å². The Kier molecular flexibility index (Phi) is 4.89. The fraction of sp³-hybridized carbons (Fsp3) is 0.0400. The van der Waals surface area contributed by atoms with Gasteiger partial charge in [-0.25, -0.2) is 4.98 Å². The molecule has 3 aromatic heterocycles. The number of imidazole rings is 1. The molecule has 0 bridgehead atoms. The standard InChI is InChI=1S/C50H36N4O/c1-2-35-29-30-51-49(31-35)54-45-24-10-9-21-43(45)44-28-27-40(33-48(44)54)55-39-20-13-19-38(32-39)52-34-53(47-26-12-11-25-46(47)52)50-41(36-15-5-3-6-16-36)22-14-23-42(50)37-17-7-4-8-18-37/h3-33H,2H2,1H3/i3D,4D,5D,6D,7D,8D,9D,10D,15D,16D,17D,18D,21D,24D,27D,28D. The van der Waals surface area contributed by atoms with Crippen LogP contribution in [0.3, 0.4) is 0 Å². The molecule has 55 heavy (non-hydrogen) atoms. The maximum Gasteiger partial charge on any atom is 0.269 e. The van der Waals surface area contributed by atoms with Gasteiger partial charge >= 0.3 is 0 Å². The van der Waals surface area contributed by atoms with E-state index in [4.69, 9.17) is 23.9 Å². The Hall–Kier alpha value is -7.24. The van der Waals surface area contributed by atoms with Crippen LogP contribution >= 0.6 is 0 Å². The van der Waals surface area contributed by atoms with Gasteiger partial charge in [-0.1, -0.05) is 134 Å². The van der Waals surface area contributed by atoms with Crippen LogP contribution in [0.4, 0.5) is 0 Å². The van der Waals surface area contributed by atoms with Crippen LogP contribution in [0.25, 0.3) is 72.3 Å². The quantitative estimate of drug-likeness (QED) is 0.116. The maximum atomic E-state index is 9.28. The monoisotopic (exact) mass is 724 g/mol. The number of pyridine rings is 1. The summed E-state index contributed by atoms with van der Waals surface area (Å²) in [6.45, 7) is 1.96. The highest BCUT2D eigenvalue weighted by molar-refractivity contribution is 6.09. The molecule has 0 aliphatic carbocycles. The molecule has 0 N–H and O–H groups in total. The van der Waals surface area contributed by atoms with Crippen molar-refractivity contribution in [2.24, 2.45) is 0 Å². The van der Waals surface area contributed by atoms with Crippen molar-refractivity contribution in [3.05, 3.63) is 200 Å². The summed E-state index contributed by atoms with van der Waals surface area (Å²) < 4.78 is 151. The average molecular weight is 725 g/mol. The Morgan fingerprint density at radius 1 is 0.636 bits per heavy atom. The third kappa shape index (κ3) is 5.74. The highest BCUT2D eigenvalue weighted by atomic mass is 16.5. The number of benzene rings is 7. The van der Waals surface area contributed by atoms with Crippen molar-refractivity contribution in [3.63, 3.8) is 0 Å². The van der Waals surface area contributed by atoms with Crippen LogP contribution in [0, 0.1) is 6.33 Å². The van der Waals surface area contributed by atoms with Gasteiger partial charge < -0.3 is 4.74 Å². The number of hydrogen-bond acceptors (Lipinski definition) is 2. The smallest absolute Gasteiger partial charge is 0.269 e. The lowest BCUT2D eigenvalue weighted by Crippen LogP contribution is -2.31. The van der Waals surface area contributed by atoms with Gasteiger partial charge in [-0.2, -0.15) is 0 Å². The normalized spacial score (nSPS) is 15.5. The second kappa shape index (κ2) is 13.6. The Morgan fingerprint density at radius 2 is 1.35 bits per heavy atom. The minimum absolute atomic E-state index is 0.0629. The minimum Gasteiger partial charge on any atom is -0.458 e. The number of hydrogen-bond donors (Lipinski definition) is 0. The molecule has 5 nitrogen and oxygen atoms in total. The van der Waals surface area contributed by atoms with Gasteiger partial charge in [0.2, 0.25) is 0 Å². The maximum absolute atomic E-state index is 9.28. The van der Waals surface area contributed by atoms with E-state index in [1.807, 2.05) is 13.0 Å². The van der Waals surface area contributed by atoms with Crippen LogP contribution in [0.15, 0.2) is 188 Å². The second-order valence-electron chi connectivity index (χ2n) is 12.5. The first-order chi connectivity index (χ1) is 33.9. The topological polar surface area (TPSA) is 35.9 Å². The number of nitrogens with zero attached hydrogens (tertiary/aromatic N) is 4. The molecule has 0 saturated heterocycles. The van der Waals surface area contributed by atoms with E-state index in [0.29, 0.717) is 29.0 Å². The molecule has 0 aliphatic heterocycles. The van der Waals surface area contributed by atoms with E-state index in [1.165, 1.54) is 24.3 Å².